The van der Waals surface area contributed by atoms with Gasteiger partial charge in [-0.3, -0.25) is 14.6 Å². The second-order valence-electron chi connectivity index (χ2n) is 6.24. The van der Waals surface area contributed by atoms with Crippen molar-refractivity contribution in [2.75, 3.05) is 0 Å². The molecule has 2 rings (SSSR count). The summed E-state index contributed by atoms with van der Waals surface area (Å²) in [6.07, 6.45) is 2.93. The minimum Gasteiger partial charge on any atom is -0.295 e. The molecule has 2 aromatic rings. The van der Waals surface area contributed by atoms with Crippen LogP contribution in [0.15, 0.2) is 29.1 Å². The Morgan fingerprint density at radius 3 is 2.67 bits per heavy atom. The monoisotopic (exact) mass is 286 g/mol. The molecule has 1 heterocycles. The van der Waals surface area contributed by atoms with E-state index in [0.717, 1.165) is 42.6 Å². The van der Waals surface area contributed by atoms with Gasteiger partial charge in [0.15, 0.2) is 0 Å². The van der Waals surface area contributed by atoms with Crippen LogP contribution in [-0.2, 0) is 13.0 Å². The van der Waals surface area contributed by atoms with Crippen molar-refractivity contribution in [1.29, 1.82) is 0 Å². The molecule has 21 heavy (non-hydrogen) atoms. The molecule has 0 amide bonds. The fourth-order valence-corrected chi connectivity index (χ4v) is 2.63. The standard InChI is InChI=1S/C18H26N2O/c1-5-6-10-20-18(21)16(11-13(2)3)17(19-20)15-9-7-8-14(4)12-15/h7-9,12-13,19H,5-6,10-11H2,1-4H3. The van der Waals surface area contributed by atoms with E-state index in [1.165, 1.54) is 5.56 Å². The van der Waals surface area contributed by atoms with E-state index in [0.29, 0.717) is 5.92 Å². The molecule has 0 unspecified atom stereocenters. The lowest BCUT2D eigenvalue weighted by molar-refractivity contribution is 0.555. The smallest absolute Gasteiger partial charge is 0.270 e. The first-order chi connectivity index (χ1) is 10.0. The lowest BCUT2D eigenvalue weighted by atomic mass is 9.99. The van der Waals surface area contributed by atoms with E-state index in [-0.39, 0.29) is 5.56 Å². The molecule has 1 aromatic heterocycles. The molecule has 114 valence electrons. The van der Waals surface area contributed by atoms with E-state index < -0.39 is 0 Å². The van der Waals surface area contributed by atoms with Crippen molar-refractivity contribution in [2.45, 2.75) is 53.5 Å². The summed E-state index contributed by atoms with van der Waals surface area (Å²) in [5.41, 5.74) is 4.39. The molecule has 3 heteroatoms. The number of benzene rings is 1. The Morgan fingerprint density at radius 2 is 2.05 bits per heavy atom. The van der Waals surface area contributed by atoms with Crippen LogP contribution in [0.2, 0.25) is 0 Å². The van der Waals surface area contributed by atoms with Crippen LogP contribution in [0.3, 0.4) is 0 Å². The third kappa shape index (κ3) is 3.66. The minimum atomic E-state index is 0.147. The number of nitrogens with zero attached hydrogens (tertiary/aromatic N) is 1. The molecule has 0 aliphatic carbocycles. The van der Waals surface area contributed by atoms with Crippen LogP contribution in [0.4, 0.5) is 0 Å². The van der Waals surface area contributed by atoms with Gasteiger partial charge in [-0.2, -0.15) is 0 Å². The molecule has 1 N–H and O–H groups in total. The van der Waals surface area contributed by atoms with Crippen LogP contribution in [0.1, 0.15) is 44.7 Å². The fourth-order valence-electron chi connectivity index (χ4n) is 2.63. The number of hydrogen-bond donors (Lipinski definition) is 1. The molecule has 0 radical (unpaired) electrons. The van der Waals surface area contributed by atoms with Gasteiger partial charge in [0.05, 0.1) is 5.69 Å². The van der Waals surface area contributed by atoms with Crippen molar-refractivity contribution in [3.63, 3.8) is 0 Å². The topological polar surface area (TPSA) is 37.8 Å². The highest BCUT2D eigenvalue weighted by Gasteiger charge is 2.16. The fraction of sp³-hybridized carbons (Fsp3) is 0.500. The maximum absolute atomic E-state index is 12.6. The zero-order chi connectivity index (χ0) is 15.4. The third-order valence-electron chi connectivity index (χ3n) is 3.71. The Labute approximate surface area is 127 Å². The first kappa shape index (κ1) is 15.6. The normalized spacial score (nSPS) is 11.3. The Morgan fingerprint density at radius 1 is 1.29 bits per heavy atom. The summed E-state index contributed by atoms with van der Waals surface area (Å²) in [5.74, 6) is 0.469. The number of H-pyrrole nitrogens is 1. The van der Waals surface area contributed by atoms with Gasteiger partial charge in [-0.25, -0.2) is 0 Å². The average molecular weight is 286 g/mol. The highest BCUT2D eigenvalue weighted by Crippen LogP contribution is 2.22. The van der Waals surface area contributed by atoms with Crippen LogP contribution in [-0.4, -0.2) is 9.78 Å². The highest BCUT2D eigenvalue weighted by atomic mass is 16.1. The second kappa shape index (κ2) is 6.79. The zero-order valence-corrected chi connectivity index (χ0v) is 13.6. The zero-order valence-electron chi connectivity index (χ0n) is 13.6. The van der Waals surface area contributed by atoms with Gasteiger partial charge in [0, 0.05) is 17.7 Å². The molecule has 0 saturated carbocycles. The summed E-state index contributed by atoms with van der Waals surface area (Å²) in [6.45, 7) is 9.31. The number of aryl methyl sites for hydroxylation is 2. The first-order valence-corrected chi connectivity index (χ1v) is 7.91. The minimum absolute atomic E-state index is 0.147. The van der Waals surface area contributed by atoms with Crippen molar-refractivity contribution in [3.8, 4) is 11.3 Å². The van der Waals surface area contributed by atoms with Crippen LogP contribution in [0.5, 0.6) is 0 Å². The van der Waals surface area contributed by atoms with Crippen LogP contribution < -0.4 is 5.56 Å². The predicted octanol–water partition coefficient (Wildman–Crippen LogP) is 4.15. The van der Waals surface area contributed by atoms with Gasteiger partial charge in [0.2, 0.25) is 0 Å². The van der Waals surface area contributed by atoms with Gasteiger partial charge in [0.1, 0.15) is 0 Å². The summed E-state index contributed by atoms with van der Waals surface area (Å²) in [5, 5.41) is 3.34. The van der Waals surface area contributed by atoms with E-state index >= 15 is 0 Å². The molecule has 0 aliphatic heterocycles. The maximum Gasteiger partial charge on any atom is 0.270 e. The summed E-state index contributed by atoms with van der Waals surface area (Å²) < 4.78 is 1.78. The van der Waals surface area contributed by atoms with E-state index in [1.807, 2.05) is 6.07 Å². The summed E-state index contributed by atoms with van der Waals surface area (Å²) in [6, 6.07) is 8.34. The number of aromatic nitrogens is 2. The second-order valence-corrected chi connectivity index (χ2v) is 6.24. The average Bonchev–Trinajstić information content (AvgIpc) is 2.73. The number of unbranched alkanes of at least 4 members (excludes halogenated alkanes) is 1. The van der Waals surface area contributed by atoms with Crippen molar-refractivity contribution >= 4 is 0 Å². The summed E-state index contributed by atoms with van der Waals surface area (Å²) >= 11 is 0. The Bertz CT molecular complexity index is 649. The van der Waals surface area contributed by atoms with E-state index in [2.05, 4.69) is 51.0 Å². The number of hydrogen-bond acceptors (Lipinski definition) is 1. The maximum atomic E-state index is 12.6. The van der Waals surface area contributed by atoms with Gasteiger partial charge < -0.3 is 0 Å². The summed E-state index contributed by atoms with van der Waals surface area (Å²) in [4.78, 5) is 12.6. The van der Waals surface area contributed by atoms with E-state index in [4.69, 9.17) is 0 Å². The highest BCUT2D eigenvalue weighted by molar-refractivity contribution is 5.63. The lowest BCUT2D eigenvalue weighted by Gasteiger charge is -2.06. The molecular formula is C18H26N2O. The SMILES string of the molecule is CCCCn1[nH]c(-c2cccc(C)c2)c(CC(C)C)c1=O. The Hall–Kier alpha value is -1.77. The van der Waals surface area contributed by atoms with Crippen molar-refractivity contribution in [1.82, 2.24) is 9.78 Å². The van der Waals surface area contributed by atoms with Crippen molar-refractivity contribution in [3.05, 3.63) is 45.7 Å². The van der Waals surface area contributed by atoms with Gasteiger partial charge in [-0.05, 0) is 31.7 Å². The van der Waals surface area contributed by atoms with Gasteiger partial charge in [0.25, 0.3) is 5.56 Å². The van der Waals surface area contributed by atoms with Crippen LogP contribution in [0.25, 0.3) is 11.3 Å². The van der Waals surface area contributed by atoms with Crippen molar-refractivity contribution < 1.29 is 0 Å². The van der Waals surface area contributed by atoms with Crippen molar-refractivity contribution in [2.24, 2.45) is 5.92 Å². The molecular weight excluding hydrogens is 260 g/mol. The van der Waals surface area contributed by atoms with Crippen LogP contribution in [0, 0.1) is 12.8 Å². The molecule has 0 saturated heterocycles. The number of aromatic amines is 1. The summed E-state index contributed by atoms with van der Waals surface area (Å²) in [7, 11) is 0. The molecule has 0 spiro atoms. The van der Waals surface area contributed by atoms with Gasteiger partial charge >= 0.3 is 0 Å². The van der Waals surface area contributed by atoms with E-state index in [9.17, 15) is 4.79 Å². The quantitative estimate of drug-likeness (QED) is 0.851. The number of nitrogens with one attached hydrogen (secondary N) is 1. The van der Waals surface area contributed by atoms with E-state index in [1.54, 1.807) is 4.68 Å². The lowest BCUT2D eigenvalue weighted by Crippen LogP contribution is -2.20. The number of rotatable bonds is 6. The Balaban J connectivity index is 2.49. The first-order valence-electron chi connectivity index (χ1n) is 7.91. The largest absolute Gasteiger partial charge is 0.295 e. The van der Waals surface area contributed by atoms with Crippen LogP contribution >= 0.6 is 0 Å². The van der Waals surface area contributed by atoms with Gasteiger partial charge in [-0.15, -0.1) is 0 Å². The molecule has 0 bridgehead atoms. The molecule has 0 atom stereocenters. The molecule has 3 nitrogen and oxygen atoms in total. The molecule has 0 aliphatic rings. The molecule has 0 fully saturated rings. The third-order valence-corrected chi connectivity index (χ3v) is 3.71. The predicted molar refractivity (Wildman–Crippen MR) is 88.7 cm³/mol. The van der Waals surface area contributed by atoms with Gasteiger partial charge in [-0.1, -0.05) is 51.0 Å². The Kier molecular flexibility index (Phi) is 5.05. The molecule has 1 aromatic carbocycles.